The van der Waals surface area contributed by atoms with Crippen molar-refractivity contribution in [1.29, 1.82) is 0 Å². The van der Waals surface area contributed by atoms with E-state index < -0.39 is 5.97 Å². The minimum atomic E-state index is -0.734. The fraction of sp³-hybridized carbons (Fsp3) is 0.900. The number of rotatable bonds is 2. The molecule has 0 atom stereocenters. The molecule has 2 heterocycles. The molecule has 0 aliphatic carbocycles. The molecule has 94 valence electrons. The number of hydrogen-bond acceptors (Lipinski definition) is 5. The number of piperazine rings is 1. The molecule has 2 aliphatic rings. The van der Waals surface area contributed by atoms with E-state index in [9.17, 15) is 4.79 Å². The van der Waals surface area contributed by atoms with Crippen LogP contribution < -0.4 is 10.6 Å². The van der Waals surface area contributed by atoms with E-state index in [1.54, 1.807) is 0 Å². The highest BCUT2D eigenvalue weighted by Crippen LogP contribution is 1.89. The highest BCUT2D eigenvalue weighted by Gasteiger charge is 2.11. The lowest BCUT2D eigenvalue weighted by Gasteiger charge is -2.25. The normalized spacial score (nSPS) is 22.0. The third kappa shape index (κ3) is 6.73. The van der Waals surface area contributed by atoms with E-state index in [0.717, 1.165) is 52.5 Å². The molecule has 0 spiro atoms. The second-order valence-electron chi connectivity index (χ2n) is 3.78. The summed E-state index contributed by atoms with van der Waals surface area (Å²) in [6.45, 7) is 7.54. The molecule has 0 aromatic carbocycles. The molecule has 2 aliphatic heterocycles. The average molecular weight is 231 g/mol. The van der Waals surface area contributed by atoms with Gasteiger partial charge in [0.25, 0.3) is 0 Å². The van der Waals surface area contributed by atoms with E-state index in [-0.39, 0.29) is 6.54 Å². The minimum Gasteiger partial charge on any atom is -0.480 e. The average Bonchev–Trinajstić information content (AvgIpc) is 2.32. The zero-order valence-corrected chi connectivity index (χ0v) is 9.57. The van der Waals surface area contributed by atoms with Crippen LogP contribution in [0.2, 0.25) is 0 Å². The van der Waals surface area contributed by atoms with Crippen molar-refractivity contribution >= 4 is 5.97 Å². The SMILES string of the molecule is C1COCCN1.O=C(O)CN1CCNCC1. The summed E-state index contributed by atoms with van der Waals surface area (Å²) in [5, 5.41) is 14.7. The maximum absolute atomic E-state index is 10.2. The van der Waals surface area contributed by atoms with Crippen LogP contribution in [0.5, 0.6) is 0 Å². The van der Waals surface area contributed by atoms with Gasteiger partial charge in [-0.2, -0.15) is 0 Å². The molecular formula is C10H21N3O3. The number of nitrogens with one attached hydrogen (secondary N) is 2. The lowest BCUT2D eigenvalue weighted by atomic mass is 10.3. The first kappa shape index (κ1) is 13.4. The molecule has 0 aromatic heterocycles. The first-order valence-corrected chi connectivity index (χ1v) is 5.72. The largest absolute Gasteiger partial charge is 0.480 e. The summed E-state index contributed by atoms with van der Waals surface area (Å²) in [7, 11) is 0. The Hall–Kier alpha value is -0.690. The number of carbonyl (C=O) groups is 1. The Kier molecular flexibility index (Phi) is 7.07. The Morgan fingerprint density at radius 2 is 1.69 bits per heavy atom. The molecule has 16 heavy (non-hydrogen) atoms. The summed E-state index contributed by atoms with van der Waals surface area (Å²) in [5.41, 5.74) is 0. The summed E-state index contributed by atoms with van der Waals surface area (Å²) in [4.78, 5) is 12.1. The number of ether oxygens (including phenoxy) is 1. The molecule has 0 unspecified atom stereocenters. The lowest BCUT2D eigenvalue weighted by molar-refractivity contribution is -0.138. The maximum Gasteiger partial charge on any atom is 0.317 e. The third-order valence-corrected chi connectivity index (χ3v) is 2.41. The summed E-state index contributed by atoms with van der Waals surface area (Å²) in [6.07, 6.45) is 0. The van der Waals surface area contributed by atoms with Gasteiger partial charge in [-0.1, -0.05) is 0 Å². The molecule has 0 aromatic rings. The molecule has 6 heteroatoms. The summed E-state index contributed by atoms with van der Waals surface area (Å²) in [6, 6.07) is 0. The van der Waals surface area contributed by atoms with Crippen LogP contribution in [0.15, 0.2) is 0 Å². The van der Waals surface area contributed by atoms with Crippen molar-refractivity contribution in [3.8, 4) is 0 Å². The Labute approximate surface area is 95.9 Å². The zero-order valence-electron chi connectivity index (χ0n) is 9.57. The standard InChI is InChI=1S/C6H12N2O2.C4H9NO/c9-6(10)5-8-3-1-7-2-4-8;1-3-6-4-2-5-1/h7H,1-5H2,(H,9,10);5H,1-4H2. The zero-order chi connectivity index (χ0) is 11.6. The smallest absolute Gasteiger partial charge is 0.317 e. The molecule has 6 nitrogen and oxygen atoms in total. The molecule has 2 rings (SSSR count). The van der Waals surface area contributed by atoms with Crippen molar-refractivity contribution in [2.45, 2.75) is 0 Å². The lowest BCUT2D eigenvalue weighted by Crippen LogP contribution is -2.45. The van der Waals surface area contributed by atoms with Gasteiger partial charge in [-0.05, 0) is 0 Å². The van der Waals surface area contributed by atoms with Crippen molar-refractivity contribution in [2.75, 3.05) is 59.0 Å². The van der Waals surface area contributed by atoms with E-state index in [4.69, 9.17) is 9.84 Å². The number of hydrogen-bond donors (Lipinski definition) is 3. The highest BCUT2D eigenvalue weighted by molar-refractivity contribution is 5.69. The van der Waals surface area contributed by atoms with E-state index in [1.807, 2.05) is 4.90 Å². The van der Waals surface area contributed by atoms with Crippen LogP contribution in [0.4, 0.5) is 0 Å². The van der Waals surface area contributed by atoms with Gasteiger partial charge < -0.3 is 20.5 Å². The van der Waals surface area contributed by atoms with E-state index in [2.05, 4.69) is 10.6 Å². The first-order valence-electron chi connectivity index (χ1n) is 5.72. The number of morpholine rings is 1. The monoisotopic (exact) mass is 231 g/mol. The van der Waals surface area contributed by atoms with Gasteiger partial charge in [0.2, 0.25) is 0 Å². The van der Waals surface area contributed by atoms with Gasteiger partial charge >= 0.3 is 5.97 Å². The van der Waals surface area contributed by atoms with Crippen LogP contribution in [-0.4, -0.2) is 75.0 Å². The van der Waals surface area contributed by atoms with Gasteiger partial charge in [0.1, 0.15) is 0 Å². The predicted octanol–water partition coefficient (Wildman–Crippen LogP) is -1.42. The van der Waals surface area contributed by atoms with E-state index in [1.165, 1.54) is 0 Å². The van der Waals surface area contributed by atoms with Crippen molar-refractivity contribution < 1.29 is 14.6 Å². The molecular weight excluding hydrogens is 210 g/mol. The molecule has 0 radical (unpaired) electrons. The fourth-order valence-corrected chi connectivity index (χ4v) is 1.58. The van der Waals surface area contributed by atoms with Gasteiger partial charge in [-0.15, -0.1) is 0 Å². The highest BCUT2D eigenvalue weighted by atomic mass is 16.5. The summed E-state index contributed by atoms with van der Waals surface area (Å²) >= 11 is 0. The molecule has 2 fully saturated rings. The Bertz CT molecular complexity index is 180. The second-order valence-corrected chi connectivity index (χ2v) is 3.78. The van der Waals surface area contributed by atoms with Crippen LogP contribution in [0.3, 0.4) is 0 Å². The van der Waals surface area contributed by atoms with Gasteiger partial charge in [0, 0.05) is 39.3 Å². The van der Waals surface area contributed by atoms with Crippen molar-refractivity contribution in [1.82, 2.24) is 15.5 Å². The molecule has 2 saturated heterocycles. The van der Waals surface area contributed by atoms with Gasteiger partial charge in [0.05, 0.1) is 19.8 Å². The Morgan fingerprint density at radius 1 is 1.12 bits per heavy atom. The van der Waals surface area contributed by atoms with Gasteiger partial charge in [-0.3, -0.25) is 9.69 Å². The van der Waals surface area contributed by atoms with Crippen LogP contribution in [0.1, 0.15) is 0 Å². The van der Waals surface area contributed by atoms with Crippen LogP contribution in [-0.2, 0) is 9.53 Å². The van der Waals surface area contributed by atoms with Crippen LogP contribution in [0.25, 0.3) is 0 Å². The molecule has 0 saturated carbocycles. The number of aliphatic carboxylic acids is 1. The van der Waals surface area contributed by atoms with Crippen LogP contribution >= 0.6 is 0 Å². The maximum atomic E-state index is 10.2. The Morgan fingerprint density at radius 3 is 2.06 bits per heavy atom. The topological polar surface area (TPSA) is 73.8 Å². The van der Waals surface area contributed by atoms with E-state index in [0.29, 0.717) is 0 Å². The summed E-state index contributed by atoms with van der Waals surface area (Å²) in [5.74, 6) is -0.734. The predicted molar refractivity (Wildman–Crippen MR) is 60.6 cm³/mol. The second kappa shape index (κ2) is 8.46. The number of carboxylic acids is 1. The fourth-order valence-electron chi connectivity index (χ4n) is 1.58. The Balaban J connectivity index is 0.000000181. The van der Waals surface area contributed by atoms with Crippen molar-refractivity contribution in [2.24, 2.45) is 0 Å². The molecule has 0 amide bonds. The minimum absolute atomic E-state index is 0.182. The molecule has 3 N–H and O–H groups in total. The number of carboxylic acid groups (broad SMARTS) is 1. The van der Waals surface area contributed by atoms with Crippen molar-refractivity contribution in [3.05, 3.63) is 0 Å². The quantitative estimate of drug-likeness (QED) is 0.542. The summed E-state index contributed by atoms with van der Waals surface area (Å²) < 4.78 is 5.01. The van der Waals surface area contributed by atoms with Crippen molar-refractivity contribution in [3.63, 3.8) is 0 Å². The van der Waals surface area contributed by atoms with Crippen LogP contribution in [0, 0.1) is 0 Å². The van der Waals surface area contributed by atoms with Gasteiger partial charge in [-0.25, -0.2) is 0 Å². The third-order valence-electron chi connectivity index (χ3n) is 2.41. The number of nitrogens with zero attached hydrogens (tertiary/aromatic N) is 1. The molecule has 0 bridgehead atoms. The van der Waals surface area contributed by atoms with E-state index >= 15 is 0 Å². The first-order chi connectivity index (χ1) is 7.79. The van der Waals surface area contributed by atoms with Gasteiger partial charge in [0.15, 0.2) is 0 Å².